The number of halogens is 3. The second-order valence-electron chi connectivity index (χ2n) is 4.00. The summed E-state index contributed by atoms with van der Waals surface area (Å²) < 4.78 is 57.5. The molecule has 0 spiro atoms. The van der Waals surface area contributed by atoms with Crippen LogP contribution in [-0.4, -0.2) is 29.6 Å². The van der Waals surface area contributed by atoms with Crippen molar-refractivity contribution in [2.75, 3.05) is 0 Å². The normalized spacial score (nSPS) is 11.6. The molecule has 0 saturated carbocycles. The predicted molar refractivity (Wildman–Crippen MR) is 65.2 cm³/mol. The number of carbonyl (C=O) groups is 1. The molecule has 0 heterocycles. The Morgan fingerprint density at radius 1 is 1.10 bits per heavy atom. The topological polar surface area (TPSA) is 91.7 Å². The van der Waals surface area contributed by atoms with Gasteiger partial charge < -0.3 is 5.11 Å². The molecule has 0 unspecified atom stereocenters. The Bertz CT molecular complexity index is 582. The van der Waals surface area contributed by atoms with Crippen LogP contribution in [-0.2, 0) is 10.1 Å². The highest BCUT2D eigenvalue weighted by Crippen LogP contribution is 2.20. The van der Waals surface area contributed by atoms with Gasteiger partial charge in [-0.3, -0.25) is 4.55 Å². The minimum absolute atomic E-state index is 0.431. The first-order chi connectivity index (χ1) is 8.77. The van der Waals surface area contributed by atoms with E-state index in [2.05, 4.69) is 0 Å². The first-order valence-electron chi connectivity index (χ1n) is 5.12. The largest absolute Gasteiger partial charge is 0.522 e. The van der Waals surface area contributed by atoms with Crippen molar-refractivity contribution in [1.29, 1.82) is 0 Å². The van der Waals surface area contributed by atoms with Gasteiger partial charge in [0.1, 0.15) is 0 Å². The fourth-order valence-corrected chi connectivity index (χ4v) is 1.52. The Balaban J connectivity index is 0.000000396. The second-order valence-corrected chi connectivity index (χ2v) is 5.41. The highest BCUT2D eigenvalue weighted by atomic mass is 32.2. The summed E-state index contributed by atoms with van der Waals surface area (Å²) in [5.74, 6) is -0.843. The molecule has 114 valence electrons. The van der Waals surface area contributed by atoms with Gasteiger partial charge in [0.2, 0.25) is 0 Å². The van der Waals surface area contributed by atoms with Crippen molar-refractivity contribution < 1.29 is 36.0 Å². The van der Waals surface area contributed by atoms with E-state index < -0.39 is 21.6 Å². The monoisotopic (exact) mass is 314 g/mol. The average Bonchev–Trinajstić information content (AvgIpc) is 2.11. The van der Waals surface area contributed by atoms with Gasteiger partial charge in [0.15, 0.2) is 0 Å². The molecule has 0 aliphatic heterocycles. The van der Waals surface area contributed by atoms with Crippen LogP contribution >= 0.6 is 0 Å². The number of benzene rings is 1. The third kappa shape index (κ3) is 5.17. The molecule has 20 heavy (non-hydrogen) atoms. The molecule has 0 fully saturated rings. The molecule has 0 amide bonds. The van der Waals surface area contributed by atoms with Crippen LogP contribution in [0.25, 0.3) is 0 Å². The zero-order chi connectivity index (χ0) is 16.3. The standard InChI is InChI=1S/C10H12O2.CHF3O3S/c1-6-4-7(2)9(10(11)12)8(3)5-6;2-1(3,4)8(5,6)7/h4-5H,1-3H3,(H,11,12);(H,5,6,7). The SMILES string of the molecule is Cc1cc(C)c(C(=O)O)c(C)c1.O=S(=O)(O)C(F)(F)F. The van der Waals surface area contributed by atoms with Crippen LogP contribution in [0.5, 0.6) is 0 Å². The molecule has 9 heteroatoms. The first kappa shape index (κ1) is 18.4. The van der Waals surface area contributed by atoms with Crippen LogP contribution < -0.4 is 0 Å². The van der Waals surface area contributed by atoms with E-state index in [1.165, 1.54) is 0 Å². The molecule has 0 radical (unpaired) electrons. The second kappa shape index (κ2) is 6.23. The third-order valence-electron chi connectivity index (χ3n) is 2.18. The Kier molecular flexibility index (Phi) is 5.73. The number of carboxylic acids is 1. The van der Waals surface area contributed by atoms with Crippen molar-refractivity contribution in [2.24, 2.45) is 0 Å². The highest BCUT2D eigenvalue weighted by Gasteiger charge is 2.44. The van der Waals surface area contributed by atoms with Gasteiger partial charge in [0.25, 0.3) is 0 Å². The fraction of sp³-hybridized carbons (Fsp3) is 0.364. The number of aromatic carboxylic acids is 1. The summed E-state index contributed by atoms with van der Waals surface area (Å²) in [4.78, 5) is 10.8. The van der Waals surface area contributed by atoms with E-state index in [-0.39, 0.29) is 0 Å². The first-order valence-corrected chi connectivity index (χ1v) is 6.56. The van der Waals surface area contributed by atoms with Crippen molar-refractivity contribution in [1.82, 2.24) is 0 Å². The lowest BCUT2D eigenvalue weighted by molar-refractivity contribution is -0.0510. The van der Waals surface area contributed by atoms with E-state index in [1.54, 1.807) is 0 Å². The van der Waals surface area contributed by atoms with Crippen molar-refractivity contribution in [3.8, 4) is 0 Å². The summed E-state index contributed by atoms with van der Waals surface area (Å²) in [6, 6.07) is 3.77. The number of rotatable bonds is 1. The molecule has 2 N–H and O–H groups in total. The van der Waals surface area contributed by atoms with E-state index in [0.717, 1.165) is 16.7 Å². The van der Waals surface area contributed by atoms with Crippen LogP contribution in [0, 0.1) is 20.8 Å². The van der Waals surface area contributed by atoms with E-state index in [0.29, 0.717) is 5.56 Å². The van der Waals surface area contributed by atoms with Gasteiger partial charge in [-0.05, 0) is 31.9 Å². The number of carboxylic acid groups (broad SMARTS) is 1. The molecule has 0 atom stereocenters. The van der Waals surface area contributed by atoms with Gasteiger partial charge in [-0.15, -0.1) is 0 Å². The van der Waals surface area contributed by atoms with E-state index in [4.69, 9.17) is 18.1 Å². The molecular weight excluding hydrogens is 301 g/mol. The number of aryl methyl sites for hydroxylation is 3. The molecule has 1 aromatic carbocycles. The summed E-state index contributed by atoms with van der Waals surface area (Å²) in [5, 5.41) is 8.84. The molecule has 1 aromatic rings. The number of hydrogen-bond acceptors (Lipinski definition) is 3. The van der Waals surface area contributed by atoms with Gasteiger partial charge in [-0.2, -0.15) is 21.6 Å². The van der Waals surface area contributed by atoms with Crippen LogP contribution in [0.1, 0.15) is 27.0 Å². The zero-order valence-electron chi connectivity index (χ0n) is 10.8. The van der Waals surface area contributed by atoms with Crippen molar-refractivity contribution >= 4 is 16.1 Å². The summed E-state index contributed by atoms with van der Waals surface area (Å²) in [7, 11) is -5.84. The molecule has 0 aliphatic carbocycles. The third-order valence-corrected chi connectivity index (χ3v) is 2.77. The van der Waals surface area contributed by atoms with Gasteiger partial charge in [0, 0.05) is 0 Å². The van der Waals surface area contributed by atoms with Gasteiger partial charge in [-0.1, -0.05) is 17.7 Å². The van der Waals surface area contributed by atoms with Crippen molar-refractivity contribution in [3.63, 3.8) is 0 Å². The van der Waals surface area contributed by atoms with Crippen LogP contribution in [0.4, 0.5) is 13.2 Å². The Morgan fingerprint density at radius 2 is 1.40 bits per heavy atom. The number of alkyl halides is 3. The molecule has 1 rings (SSSR count). The minimum Gasteiger partial charge on any atom is -0.478 e. The Morgan fingerprint density at radius 3 is 1.60 bits per heavy atom. The van der Waals surface area contributed by atoms with Gasteiger partial charge in [0.05, 0.1) is 5.56 Å². The van der Waals surface area contributed by atoms with Crippen LogP contribution in [0.2, 0.25) is 0 Å². The van der Waals surface area contributed by atoms with Gasteiger partial charge >= 0.3 is 21.6 Å². The van der Waals surface area contributed by atoms with Crippen LogP contribution in [0.15, 0.2) is 12.1 Å². The van der Waals surface area contributed by atoms with E-state index in [1.807, 2.05) is 32.9 Å². The maximum atomic E-state index is 10.8. The van der Waals surface area contributed by atoms with Crippen molar-refractivity contribution in [2.45, 2.75) is 26.3 Å². The van der Waals surface area contributed by atoms with Gasteiger partial charge in [-0.25, -0.2) is 4.79 Å². The van der Waals surface area contributed by atoms with Crippen molar-refractivity contribution in [3.05, 3.63) is 34.4 Å². The summed E-state index contributed by atoms with van der Waals surface area (Å²) in [5.41, 5.74) is -2.33. The highest BCUT2D eigenvalue weighted by molar-refractivity contribution is 7.86. The fourth-order valence-electron chi connectivity index (χ4n) is 1.52. The molecule has 0 aliphatic rings. The summed E-state index contributed by atoms with van der Waals surface area (Å²) in [6.07, 6.45) is 0. The Hall–Kier alpha value is -1.61. The summed E-state index contributed by atoms with van der Waals surface area (Å²) >= 11 is 0. The maximum absolute atomic E-state index is 10.8. The molecular formula is C11H13F3O5S. The lowest BCUT2D eigenvalue weighted by Gasteiger charge is -2.05. The molecule has 0 saturated heterocycles. The lowest BCUT2D eigenvalue weighted by atomic mass is 10.0. The molecule has 5 nitrogen and oxygen atoms in total. The Labute approximate surface area is 113 Å². The molecule has 0 aromatic heterocycles. The maximum Gasteiger partial charge on any atom is 0.522 e. The van der Waals surface area contributed by atoms with E-state index >= 15 is 0 Å². The smallest absolute Gasteiger partial charge is 0.478 e. The molecule has 0 bridgehead atoms. The number of hydrogen-bond donors (Lipinski definition) is 2. The zero-order valence-corrected chi connectivity index (χ0v) is 11.6. The van der Waals surface area contributed by atoms with Crippen LogP contribution in [0.3, 0.4) is 0 Å². The minimum atomic E-state index is -5.84. The summed E-state index contributed by atoms with van der Waals surface area (Å²) in [6.45, 7) is 5.61. The lowest BCUT2D eigenvalue weighted by Crippen LogP contribution is -2.21. The van der Waals surface area contributed by atoms with E-state index in [9.17, 15) is 18.0 Å². The quantitative estimate of drug-likeness (QED) is 0.614. The average molecular weight is 314 g/mol. The predicted octanol–water partition coefficient (Wildman–Crippen LogP) is 2.70.